The summed E-state index contributed by atoms with van der Waals surface area (Å²) in [4.78, 5) is 0. The van der Waals surface area contributed by atoms with E-state index in [1.54, 1.807) is 24.3 Å². The van der Waals surface area contributed by atoms with Gasteiger partial charge < -0.3 is 5.32 Å². The third kappa shape index (κ3) is 3.94. The largest absolute Gasteiger partial charge is 0.306 e. The number of hydrogen-bond acceptors (Lipinski definition) is 1. The molecule has 0 aromatic heterocycles. The molecule has 0 saturated heterocycles. The van der Waals surface area contributed by atoms with Crippen LogP contribution in [0.15, 0.2) is 36.4 Å². The molecular weight excluding hydrogens is 315 g/mol. The van der Waals surface area contributed by atoms with Crippen LogP contribution in [0.3, 0.4) is 0 Å². The van der Waals surface area contributed by atoms with Crippen molar-refractivity contribution >= 4 is 23.2 Å². The molecule has 0 aliphatic heterocycles. The Bertz CT molecular complexity index is 632. The van der Waals surface area contributed by atoms with E-state index in [4.69, 9.17) is 23.2 Å². The number of nitrogens with one attached hydrogen (secondary N) is 1. The Morgan fingerprint density at radius 1 is 1.05 bits per heavy atom. The van der Waals surface area contributed by atoms with Crippen molar-refractivity contribution in [2.24, 2.45) is 0 Å². The van der Waals surface area contributed by atoms with Crippen molar-refractivity contribution in [2.75, 3.05) is 6.54 Å². The molecule has 0 amide bonds. The van der Waals surface area contributed by atoms with Crippen molar-refractivity contribution in [1.29, 1.82) is 0 Å². The summed E-state index contributed by atoms with van der Waals surface area (Å²) in [6.07, 6.45) is 0.908. The van der Waals surface area contributed by atoms with Gasteiger partial charge in [0.05, 0.1) is 6.04 Å². The molecule has 1 N–H and O–H groups in total. The second-order valence-corrected chi connectivity index (χ2v) is 5.57. The summed E-state index contributed by atoms with van der Waals surface area (Å²) in [7, 11) is 0. The van der Waals surface area contributed by atoms with Crippen LogP contribution in [0, 0.1) is 11.6 Å². The fourth-order valence-corrected chi connectivity index (χ4v) is 2.64. The average molecular weight is 330 g/mol. The molecule has 0 aliphatic rings. The summed E-state index contributed by atoms with van der Waals surface area (Å²) in [5.74, 6) is -1.74. The van der Waals surface area contributed by atoms with Crippen molar-refractivity contribution < 1.29 is 8.78 Å². The Balaban J connectivity index is 2.44. The summed E-state index contributed by atoms with van der Waals surface area (Å²) < 4.78 is 26.6. The highest BCUT2D eigenvalue weighted by molar-refractivity contribution is 6.35. The van der Waals surface area contributed by atoms with Crippen LogP contribution < -0.4 is 5.32 Å². The lowest BCUT2D eigenvalue weighted by molar-refractivity contribution is 0.503. The standard InChI is InChI=1S/C16H15Cl2F2N/c1-2-7-21-16(10-3-6-14(19)15(20)8-10)12-5-4-11(17)9-13(12)18/h3-6,8-9,16,21H,2,7H2,1H3. The Kier molecular flexibility index (Phi) is 5.57. The topological polar surface area (TPSA) is 12.0 Å². The summed E-state index contributed by atoms with van der Waals surface area (Å²) in [5, 5.41) is 4.31. The van der Waals surface area contributed by atoms with Crippen molar-refractivity contribution in [3.63, 3.8) is 0 Å². The molecule has 112 valence electrons. The van der Waals surface area contributed by atoms with Crippen LogP contribution in [0.2, 0.25) is 10.0 Å². The lowest BCUT2D eigenvalue weighted by atomic mass is 9.98. The summed E-state index contributed by atoms with van der Waals surface area (Å²) in [6.45, 7) is 2.75. The van der Waals surface area contributed by atoms with Gasteiger partial charge in [-0.3, -0.25) is 0 Å². The minimum absolute atomic E-state index is 0.315. The van der Waals surface area contributed by atoms with E-state index in [-0.39, 0.29) is 6.04 Å². The zero-order chi connectivity index (χ0) is 15.4. The summed E-state index contributed by atoms with van der Waals surface area (Å²) in [6, 6.07) is 8.70. The fraction of sp³-hybridized carbons (Fsp3) is 0.250. The van der Waals surface area contributed by atoms with E-state index >= 15 is 0 Å². The predicted molar refractivity (Wildman–Crippen MR) is 83.0 cm³/mol. The van der Waals surface area contributed by atoms with E-state index < -0.39 is 11.6 Å². The van der Waals surface area contributed by atoms with Gasteiger partial charge in [-0.15, -0.1) is 0 Å². The fourth-order valence-electron chi connectivity index (χ4n) is 2.12. The van der Waals surface area contributed by atoms with Gasteiger partial charge in [0.25, 0.3) is 0 Å². The number of benzene rings is 2. The highest BCUT2D eigenvalue weighted by Crippen LogP contribution is 2.31. The smallest absolute Gasteiger partial charge is 0.159 e. The summed E-state index contributed by atoms with van der Waals surface area (Å²) >= 11 is 12.1. The molecule has 0 fully saturated rings. The minimum atomic E-state index is -0.874. The SMILES string of the molecule is CCCNC(c1ccc(F)c(F)c1)c1ccc(Cl)cc1Cl. The van der Waals surface area contributed by atoms with Gasteiger partial charge in [-0.05, 0) is 48.4 Å². The van der Waals surface area contributed by atoms with E-state index in [0.717, 1.165) is 24.6 Å². The molecule has 5 heteroatoms. The molecule has 21 heavy (non-hydrogen) atoms. The van der Waals surface area contributed by atoms with Crippen molar-refractivity contribution in [1.82, 2.24) is 5.32 Å². The van der Waals surface area contributed by atoms with Crippen LogP contribution in [0.25, 0.3) is 0 Å². The second kappa shape index (κ2) is 7.21. The lowest BCUT2D eigenvalue weighted by Crippen LogP contribution is -2.23. The molecule has 0 spiro atoms. The first-order valence-corrected chi connectivity index (χ1v) is 7.41. The molecular formula is C16H15Cl2F2N. The molecule has 2 aromatic rings. The highest BCUT2D eigenvalue weighted by Gasteiger charge is 2.18. The van der Waals surface area contributed by atoms with Crippen LogP contribution in [0.5, 0.6) is 0 Å². The van der Waals surface area contributed by atoms with Crippen LogP contribution >= 0.6 is 23.2 Å². The first kappa shape index (κ1) is 16.2. The number of rotatable bonds is 5. The molecule has 2 rings (SSSR count). The monoisotopic (exact) mass is 329 g/mol. The number of hydrogen-bond donors (Lipinski definition) is 1. The van der Waals surface area contributed by atoms with Gasteiger partial charge in [0.2, 0.25) is 0 Å². The Morgan fingerprint density at radius 2 is 1.81 bits per heavy atom. The minimum Gasteiger partial charge on any atom is -0.306 e. The Morgan fingerprint density at radius 3 is 2.43 bits per heavy atom. The first-order valence-electron chi connectivity index (χ1n) is 6.66. The van der Waals surface area contributed by atoms with Gasteiger partial charge in [-0.25, -0.2) is 8.78 Å². The lowest BCUT2D eigenvalue weighted by Gasteiger charge is -2.21. The van der Waals surface area contributed by atoms with E-state index in [1.807, 2.05) is 6.92 Å². The highest BCUT2D eigenvalue weighted by atomic mass is 35.5. The van der Waals surface area contributed by atoms with Gasteiger partial charge in [0.15, 0.2) is 11.6 Å². The molecule has 1 nitrogen and oxygen atoms in total. The van der Waals surface area contributed by atoms with E-state index in [9.17, 15) is 8.78 Å². The van der Waals surface area contributed by atoms with Crippen molar-refractivity contribution in [3.05, 3.63) is 69.2 Å². The third-order valence-electron chi connectivity index (χ3n) is 3.15. The molecule has 2 aromatic carbocycles. The van der Waals surface area contributed by atoms with Crippen molar-refractivity contribution in [3.8, 4) is 0 Å². The molecule has 1 atom stereocenters. The van der Waals surface area contributed by atoms with E-state index in [1.165, 1.54) is 6.07 Å². The van der Waals surface area contributed by atoms with E-state index in [2.05, 4.69) is 5.32 Å². The van der Waals surface area contributed by atoms with Crippen LogP contribution in [-0.2, 0) is 0 Å². The normalized spacial score (nSPS) is 12.4. The molecule has 0 aliphatic carbocycles. The Hall–Kier alpha value is -1.16. The maximum Gasteiger partial charge on any atom is 0.159 e. The average Bonchev–Trinajstić information content (AvgIpc) is 2.44. The molecule has 0 radical (unpaired) electrons. The van der Waals surface area contributed by atoms with Gasteiger partial charge in [0, 0.05) is 10.0 Å². The zero-order valence-electron chi connectivity index (χ0n) is 11.5. The molecule has 0 heterocycles. The maximum atomic E-state index is 13.5. The first-order chi connectivity index (χ1) is 10.0. The maximum absolute atomic E-state index is 13.5. The van der Waals surface area contributed by atoms with Crippen LogP contribution in [0.4, 0.5) is 8.78 Å². The van der Waals surface area contributed by atoms with Crippen LogP contribution in [-0.4, -0.2) is 6.54 Å². The van der Waals surface area contributed by atoms with Gasteiger partial charge in [0.1, 0.15) is 0 Å². The molecule has 1 unspecified atom stereocenters. The van der Waals surface area contributed by atoms with Gasteiger partial charge >= 0.3 is 0 Å². The summed E-state index contributed by atoms with van der Waals surface area (Å²) in [5.41, 5.74) is 1.40. The number of halogens is 4. The van der Waals surface area contributed by atoms with Crippen LogP contribution in [0.1, 0.15) is 30.5 Å². The van der Waals surface area contributed by atoms with Gasteiger partial charge in [-0.1, -0.05) is 42.3 Å². The quantitative estimate of drug-likeness (QED) is 0.778. The molecule has 0 bridgehead atoms. The molecule has 0 saturated carbocycles. The zero-order valence-corrected chi connectivity index (χ0v) is 13.0. The second-order valence-electron chi connectivity index (χ2n) is 4.73. The van der Waals surface area contributed by atoms with E-state index in [0.29, 0.717) is 15.6 Å². The Labute approximate surface area is 132 Å². The third-order valence-corrected chi connectivity index (χ3v) is 3.71. The van der Waals surface area contributed by atoms with Gasteiger partial charge in [-0.2, -0.15) is 0 Å². The van der Waals surface area contributed by atoms with Crippen molar-refractivity contribution in [2.45, 2.75) is 19.4 Å². The predicted octanol–water partition coefficient (Wildman–Crippen LogP) is 5.36.